The maximum atomic E-state index is 12.0. The second-order valence-corrected chi connectivity index (χ2v) is 7.67. The summed E-state index contributed by atoms with van der Waals surface area (Å²) < 4.78 is 37.5. The largest absolute Gasteiger partial charge is 0.391 e. The molecule has 5 nitrogen and oxygen atoms in total. The Kier molecular flexibility index (Phi) is 6.53. The predicted octanol–water partition coefficient (Wildman–Crippen LogP) is 5.14. The molecule has 0 aliphatic heterocycles. The first-order chi connectivity index (χ1) is 14.2. The molecule has 1 fully saturated rings. The van der Waals surface area contributed by atoms with Crippen molar-refractivity contribution in [3.05, 3.63) is 56.9 Å². The van der Waals surface area contributed by atoms with Crippen LogP contribution >= 0.6 is 0 Å². The highest BCUT2D eigenvalue weighted by atomic mass is 19.4. The molecule has 0 bridgehead atoms. The first kappa shape index (κ1) is 21.9. The molecular weight excluding hydrogens is 395 g/mol. The van der Waals surface area contributed by atoms with Crippen molar-refractivity contribution in [3.63, 3.8) is 0 Å². The highest BCUT2D eigenvalue weighted by Gasteiger charge is 2.39. The Hall–Kier alpha value is -2.77. The van der Waals surface area contributed by atoms with Gasteiger partial charge in [0, 0.05) is 36.1 Å². The van der Waals surface area contributed by atoms with E-state index in [1.807, 2.05) is 26.1 Å². The first-order valence-electron chi connectivity index (χ1n) is 10.2. The number of nitrogens with one attached hydrogen (secondary N) is 2. The molecule has 0 atom stereocenters. The molecule has 30 heavy (non-hydrogen) atoms. The Balaban J connectivity index is 0.000000216. The van der Waals surface area contributed by atoms with Gasteiger partial charge in [-0.1, -0.05) is 19.3 Å². The van der Waals surface area contributed by atoms with Crippen molar-refractivity contribution in [1.82, 2.24) is 14.5 Å². The van der Waals surface area contributed by atoms with Crippen molar-refractivity contribution in [3.8, 4) is 11.1 Å². The van der Waals surface area contributed by atoms with Crippen LogP contribution in [0.4, 0.5) is 13.2 Å². The SMILES string of the molecule is CCn1c(=O)ccc2[nH]cc(-c3cc(C)[nH]c(=O)c3)c21.FC(F)(F)C1CCCCC1. The predicted molar refractivity (Wildman–Crippen MR) is 112 cm³/mol. The number of aromatic amines is 2. The topological polar surface area (TPSA) is 70.7 Å². The molecule has 3 heterocycles. The lowest BCUT2D eigenvalue weighted by molar-refractivity contribution is -0.181. The molecule has 3 aromatic rings. The maximum Gasteiger partial charge on any atom is 0.391 e. The third-order valence-electron chi connectivity index (χ3n) is 5.49. The zero-order valence-electron chi connectivity index (χ0n) is 17.1. The number of rotatable bonds is 2. The lowest BCUT2D eigenvalue weighted by Gasteiger charge is -2.23. The zero-order valence-corrected chi connectivity index (χ0v) is 17.1. The van der Waals surface area contributed by atoms with Gasteiger partial charge in [0.1, 0.15) is 0 Å². The van der Waals surface area contributed by atoms with Gasteiger partial charge < -0.3 is 14.5 Å². The third kappa shape index (κ3) is 4.86. The van der Waals surface area contributed by atoms with Crippen LogP contribution in [-0.4, -0.2) is 20.7 Å². The van der Waals surface area contributed by atoms with Crippen molar-refractivity contribution < 1.29 is 13.2 Å². The molecule has 3 aromatic heterocycles. The van der Waals surface area contributed by atoms with Crippen molar-refractivity contribution >= 4 is 11.0 Å². The Morgan fingerprint density at radius 2 is 1.80 bits per heavy atom. The number of fused-ring (bicyclic) bond motifs is 1. The van der Waals surface area contributed by atoms with Crippen LogP contribution in [0, 0.1) is 12.8 Å². The molecule has 8 heteroatoms. The average molecular weight is 421 g/mol. The maximum absolute atomic E-state index is 12.0. The molecule has 1 aliphatic rings. The van der Waals surface area contributed by atoms with Crippen molar-refractivity contribution in [2.45, 2.75) is 58.7 Å². The van der Waals surface area contributed by atoms with Crippen LogP contribution in [0.25, 0.3) is 22.2 Å². The lowest BCUT2D eigenvalue weighted by atomic mass is 9.89. The molecule has 0 aromatic carbocycles. The van der Waals surface area contributed by atoms with E-state index in [4.69, 9.17) is 0 Å². The van der Waals surface area contributed by atoms with Gasteiger partial charge in [-0.05, 0) is 44.4 Å². The Labute approximate surface area is 171 Å². The molecule has 0 unspecified atom stereocenters. The molecule has 0 spiro atoms. The van der Waals surface area contributed by atoms with E-state index in [1.165, 1.54) is 0 Å². The van der Waals surface area contributed by atoms with E-state index in [9.17, 15) is 22.8 Å². The number of hydrogen-bond acceptors (Lipinski definition) is 2. The van der Waals surface area contributed by atoms with Gasteiger partial charge in [0.05, 0.1) is 17.0 Å². The highest BCUT2D eigenvalue weighted by molar-refractivity contribution is 5.92. The van der Waals surface area contributed by atoms with Gasteiger partial charge in [-0.3, -0.25) is 9.59 Å². The van der Waals surface area contributed by atoms with Gasteiger partial charge in [0.15, 0.2) is 0 Å². The second-order valence-electron chi connectivity index (χ2n) is 7.67. The van der Waals surface area contributed by atoms with Gasteiger partial charge in [-0.15, -0.1) is 0 Å². The summed E-state index contributed by atoms with van der Waals surface area (Å²) in [5.41, 5.74) is 4.02. The normalized spacial score (nSPS) is 15.1. The van der Waals surface area contributed by atoms with Crippen LogP contribution in [-0.2, 0) is 6.54 Å². The summed E-state index contributed by atoms with van der Waals surface area (Å²) in [6, 6.07) is 6.77. The number of pyridine rings is 2. The number of aromatic nitrogens is 3. The summed E-state index contributed by atoms with van der Waals surface area (Å²) in [6.07, 6.45) is 1.10. The van der Waals surface area contributed by atoms with E-state index in [0.29, 0.717) is 19.4 Å². The fourth-order valence-corrected chi connectivity index (χ4v) is 4.01. The number of aryl methyl sites for hydroxylation is 2. The summed E-state index contributed by atoms with van der Waals surface area (Å²) in [6.45, 7) is 4.36. The number of hydrogen-bond donors (Lipinski definition) is 2. The lowest BCUT2D eigenvalue weighted by Crippen LogP contribution is -2.24. The molecular formula is C22H26F3N3O2. The van der Waals surface area contributed by atoms with Crippen LogP contribution in [0.15, 0.2) is 40.1 Å². The molecule has 0 amide bonds. The van der Waals surface area contributed by atoms with Crippen molar-refractivity contribution in [2.24, 2.45) is 5.92 Å². The van der Waals surface area contributed by atoms with Crippen LogP contribution in [0.3, 0.4) is 0 Å². The quantitative estimate of drug-likeness (QED) is 0.601. The Bertz CT molecular complexity index is 1120. The summed E-state index contributed by atoms with van der Waals surface area (Å²) >= 11 is 0. The van der Waals surface area contributed by atoms with Crippen molar-refractivity contribution in [2.75, 3.05) is 0 Å². The minimum Gasteiger partial charge on any atom is -0.359 e. The molecule has 162 valence electrons. The van der Waals surface area contributed by atoms with E-state index in [-0.39, 0.29) is 11.1 Å². The molecule has 2 N–H and O–H groups in total. The van der Waals surface area contributed by atoms with E-state index >= 15 is 0 Å². The van der Waals surface area contributed by atoms with Crippen LogP contribution in [0.1, 0.15) is 44.7 Å². The number of nitrogens with zero attached hydrogens (tertiary/aromatic N) is 1. The zero-order chi connectivity index (χ0) is 21.9. The van der Waals surface area contributed by atoms with Gasteiger partial charge in [-0.2, -0.15) is 13.2 Å². The standard InChI is InChI=1S/C15H15N3O2.C7H11F3/c1-3-18-14(20)5-4-12-15(18)11(8-16-12)10-6-9(2)17-13(19)7-10;8-7(9,10)6-4-2-1-3-5-6/h4-8,16H,3H2,1-2H3,(H,17,19);6H,1-5H2. The Morgan fingerprint density at radius 1 is 1.10 bits per heavy atom. The van der Waals surface area contributed by atoms with Crippen LogP contribution in [0.5, 0.6) is 0 Å². The van der Waals surface area contributed by atoms with E-state index < -0.39 is 12.1 Å². The number of halogens is 3. The fourth-order valence-electron chi connectivity index (χ4n) is 4.01. The summed E-state index contributed by atoms with van der Waals surface area (Å²) in [5, 5.41) is 0. The number of alkyl halides is 3. The van der Waals surface area contributed by atoms with Crippen LogP contribution < -0.4 is 11.1 Å². The first-order valence-corrected chi connectivity index (χ1v) is 10.2. The smallest absolute Gasteiger partial charge is 0.359 e. The summed E-state index contributed by atoms with van der Waals surface area (Å²) in [5.74, 6) is -0.999. The molecule has 0 radical (unpaired) electrons. The van der Waals surface area contributed by atoms with Gasteiger partial charge >= 0.3 is 6.18 Å². The number of H-pyrrole nitrogens is 2. The molecule has 1 saturated carbocycles. The van der Waals surface area contributed by atoms with Crippen molar-refractivity contribution in [1.29, 1.82) is 0 Å². The highest BCUT2D eigenvalue weighted by Crippen LogP contribution is 2.37. The Morgan fingerprint density at radius 3 is 2.37 bits per heavy atom. The molecule has 0 saturated heterocycles. The molecule has 4 rings (SSSR count). The van der Waals surface area contributed by atoms with Gasteiger partial charge in [-0.25, -0.2) is 0 Å². The van der Waals surface area contributed by atoms with E-state index in [2.05, 4.69) is 9.97 Å². The summed E-state index contributed by atoms with van der Waals surface area (Å²) in [7, 11) is 0. The van der Waals surface area contributed by atoms with Crippen LogP contribution in [0.2, 0.25) is 0 Å². The third-order valence-corrected chi connectivity index (χ3v) is 5.49. The summed E-state index contributed by atoms with van der Waals surface area (Å²) in [4.78, 5) is 29.5. The monoisotopic (exact) mass is 421 g/mol. The minimum atomic E-state index is -3.93. The van der Waals surface area contributed by atoms with E-state index in [0.717, 1.165) is 47.1 Å². The second kappa shape index (κ2) is 8.93. The average Bonchev–Trinajstić information content (AvgIpc) is 3.12. The van der Waals surface area contributed by atoms with E-state index in [1.54, 1.807) is 22.8 Å². The molecule has 1 aliphatic carbocycles. The minimum absolute atomic E-state index is 0.0394. The fraction of sp³-hybridized carbons (Fsp3) is 0.455. The van der Waals surface area contributed by atoms with Gasteiger partial charge in [0.25, 0.3) is 5.56 Å². The van der Waals surface area contributed by atoms with Gasteiger partial charge in [0.2, 0.25) is 5.56 Å².